The molecular formula is C19H17Cl2N7O4. The Morgan fingerprint density at radius 2 is 2.03 bits per heavy atom. The van der Waals surface area contributed by atoms with E-state index in [1.807, 2.05) is 0 Å². The van der Waals surface area contributed by atoms with Crippen LogP contribution in [0.1, 0.15) is 9.68 Å². The smallest absolute Gasteiger partial charge is 0.326 e. The highest BCUT2D eigenvalue weighted by Gasteiger charge is 2.39. The van der Waals surface area contributed by atoms with Gasteiger partial charge in [-0.05, 0) is 23.8 Å². The standard InChI is InChI=1S/C19H17Cl2N7O4/c1-25-7-11(6-22-25)4-15(19(31)32)27-10-17(29)26(9-18(27)30)14-5-12(20)2-3-13(14)28-8-16(21)23-24-28/h2-3,5-8,15H,4,9-10H2,1H3,(H,31,32)/i1D3. The average molecular weight is 481 g/mol. The molecule has 0 radical (unpaired) electrons. The molecule has 1 aliphatic heterocycles. The number of aromatic nitrogens is 5. The van der Waals surface area contributed by atoms with Crippen molar-refractivity contribution in [1.82, 2.24) is 29.7 Å². The van der Waals surface area contributed by atoms with Crippen LogP contribution in [0.15, 0.2) is 36.8 Å². The molecule has 2 amide bonds. The summed E-state index contributed by atoms with van der Waals surface area (Å²) in [6.07, 6.45) is 3.58. The topological polar surface area (TPSA) is 126 Å². The van der Waals surface area contributed by atoms with Gasteiger partial charge in [0.1, 0.15) is 19.1 Å². The van der Waals surface area contributed by atoms with E-state index in [2.05, 4.69) is 15.4 Å². The minimum Gasteiger partial charge on any atom is -0.480 e. The number of hydrogen-bond acceptors (Lipinski definition) is 6. The summed E-state index contributed by atoms with van der Waals surface area (Å²) in [5.41, 5.74) is 0.939. The van der Waals surface area contributed by atoms with Gasteiger partial charge in [0.15, 0.2) is 5.15 Å². The summed E-state index contributed by atoms with van der Waals surface area (Å²) < 4.78 is 24.2. The molecule has 1 unspecified atom stereocenters. The van der Waals surface area contributed by atoms with Crippen LogP contribution in [0, 0.1) is 0 Å². The number of amides is 2. The van der Waals surface area contributed by atoms with Crippen molar-refractivity contribution in [2.45, 2.75) is 12.5 Å². The highest BCUT2D eigenvalue weighted by molar-refractivity contribution is 6.31. The largest absolute Gasteiger partial charge is 0.480 e. The quantitative estimate of drug-likeness (QED) is 0.560. The van der Waals surface area contributed by atoms with Crippen LogP contribution in [-0.4, -0.2) is 71.7 Å². The maximum Gasteiger partial charge on any atom is 0.326 e. The van der Waals surface area contributed by atoms with Crippen LogP contribution < -0.4 is 4.90 Å². The van der Waals surface area contributed by atoms with E-state index in [4.69, 9.17) is 27.3 Å². The maximum atomic E-state index is 13.1. The summed E-state index contributed by atoms with van der Waals surface area (Å²) in [5, 5.41) is 21.5. The van der Waals surface area contributed by atoms with Crippen molar-refractivity contribution in [3.8, 4) is 5.69 Å². The number of carbonyl (C=O) groups excluding carboxylic acids is 2. The van der Waals surface area contributed by atoms with E-state index >= 15 is 0 Å². The number of carboxylic acids is 1. The minimum atomic E-state index is -2.53. The summed E-state index contributed by atoms with van der Waals surface area (Å²) in [4.78, 5) is 40.3. The molecule has 1 aliphatic rings. The van der Waals surface area contributed by atoms with Crippen molar-refractivity contribution >= 4 is 46.7 Å². The lowest BCUT2D eigenvalue weighted by Crippen LogP contribution is -2.59. The van der Waals surface area contributed by atoms with Crippen molar-refractivity contribution in [2.24, 2.45) is 6.98 Å². The first-order chi connectivity index (χ1) is 16.4. The van der Waals surface area contributed by atoms with E-state index in [1.54, 1.807) is 12.1 Å². The highest BCUT2D eigenvalue weighted by atomic mass is 35.5. The molecule has 3 aromatic rings. The number of carboxylic acid groups (broad SMARTS) is 1. The van der Waals surface area contributed by atoms with Crippen LogP contribution in [0.3, 0.4) is 0 Å². The molecule has 13 heteroatoms. The molecule has 32 heavy (non-hydrogen) atoms. The zero-order valence-electron chi connectivity index (χ0n) is 19.2. The Bertz CT molecular complexity index is 1310. The molecule has 11 nitrogen and oxygen atoms in total. The van der Waals surface area contributed by atoms with Crippen LogP contribution >= 0.6 is 23.2 Å². The van der Waals surface area contributed by atoms with E-state index in [0.29, 0.717) is 10.7 Å². The third-order valence-electron chi connectivity index (χ3n) is 4.89. The summed E-state index contributed by atoms with van der Waals surface area (Å²) in [5.74, 6) is -2.52. The van der Waals surface area contributed by atoms with Crippen LogP contribution in [-0.2, 0) is 27.8 Å². The van der Waals surface area contributed by atoms with Crippen molar-refractivity contribution < 1.29 is 23.6 Å². The van der Waals surface area contributed by atoms with Crippen molar-refractivity contribution in [1.29, 1.82) is 0 Å². The number of benzene rings is 1. The van der Waals surface area contributed by atoms with Gasteiger partial charge < -0.3 is 10.0 Å². The first kappa shape index (κ1) is 18.2. The molecule has 1 saturated heterocycles. The lowest BCUT2D eigenvalue weighted by Gasteiger charge is -2.37. The van der Waals surface area contributed by atoms with Crippen LogP contribution in [0.5, 0.6) is 0 Å². The van der Waals surface area contributed by atoms with Gasteiger partial charge >= 0.3 is 5.97 Å². The number of aliphatic carboxylic acids is 1. The van der Waals surface area contributed by atoms with Crippen LogP contribution in [0.25, 0.3) is 5.69 Å². The lowest BCUT2D eigenvalue weighted by atomic mass is 10.1. The molecular weight excluding hydrogens is 461 g/mol. The average Bonchev–Trinajstić information content (AvgIpc) is 3.42. The molecule has 1 aromatic carbocycles. The van der Waals surface area contributed by atoms with E-state index in [1.165, 1.54) is 34.2 Å². The zero-order valence-corrected chi connectivity index (χ0v) is 17.7. The number of hydrogen-bond donors (Lipinski definition) is 1. The third kappa shape index (κ3) is 4.30. The molecule has 0 aliphatic carbocycles. The van der Waals surface area contributed by atoms with E-state index in [9.17, 15) is 19.5 Å². The molecule has 1 fully saturated rings. The number of aryl methyl sites for hydroxylation is 1. The summed E-state index contributed by atoms with van der Waals surface area (Å²) in [6.45, 7) is -3.50. The molecule has 0 bridgehead atoms. The second-order valence-corrected chi connectivity index (χ2v) is 7.80. The van der Waals surface area contributed by atoms with Gasteiger partial charge in [-0.3, -0.25) is 19.2 Å². The molecule has 0 saturated carbocycles. The van der Waals surface area contributed by atoms with Gasteiger partial charge in [0, 0.05) is 28.7 Å². The Balaban J connectivity index is 1.59. The predicted molar refractivity (Wildman–Crippen MR) is 114 cm³/mol. The number of piperazine rings is 1. The molecule has 4 rings (SSSR count). The highest BCUT2D eigenvalue weighted by Crippen LogP contribution is 2.30. The van der Waals surface area contributed by atoms with Crippen molar-refractivity contribution in [3.05, 3.63) is 52.5 Å². The first-order valence-corrected chi connectivity index (χ1v) is 9.94. The Kier molecular flexibility index (Phi) is 4.88. The van der Waals surface area contributed by atoms with E-state index in [-0.39, 0.29) is 22.8 Å². The summed E-state index contributed by atoms with van der Waals surface area (Å²) in [7, 11) is 0. The van der Waals surface area contributed by atoms with E-state index < -0.39 is 43.9 Å². The van der Waals surface area contributed by atoms with Gasteiger partial charge in [0.05, 0.1) is 23.8 Å². The second-order valence-electron chi connectivity index (χ2n) is 6.97. The number of anilines is 1. The van der Waals surface area contributed by atoms with Crippen molar-refractivity contribution in [2.75, 3.05) is 18.0 Å². The normalized spacial score (nSPS) is 17.1. The van der Waals surface area contributed by atoms with Gasteiger partial charge in [-0.2, -0.15) is 5.10 Å². The molecule has 166 valence electrons. The first-order valence-electron chi connectivity index (χ1n) is 10.7. The Morgan fingerprint density at radius 3 is 2.69 bits per heavy atom. The number of carbonyl (C=O) groups is 3. The SMILES string of the molecule is [2H]C([2H])([2H])n1cc(CC(C(=O)O)N2CC(=O)N(c3cc(Cl)ccc3-n3cc(Cl)nn3)CC2=O)cn1. The van der Waals surface area contributed by atoms with Gasteiger partial charge in [-0.25, -0.2) is 9.48 Å². The maximum absolute atomic E-state index is 13.1. The third-order valence-corrected chi connectivity index (χ3v) is 5.30. The van der Waals surface area contributed by atoms with Gasteiger partial charge in [0.2, 0.25) is 11.8 Å². The number of rotatable bonds is 6. The van der Waals surface area contributed by atoms with Gasteiger partial charge in [-0.1, -0.05) is 28.4 Å². The minimum absolute atomic E-state index is 0.115. The fraction of sp³-hybridized carbons (Fsp3) is 0.263. The molecule has 1 N–H and O–H groups in total. The molecule has 1 atom stereocenters. The Hall–Kier alpha value is -3.44. The van der Waals surface area contributed by atoms with E-state index in [0.717, 1.165) is 9.58 Å². The van der Waals surface area contributed by atoms with Crippen molar-refractivity contribution in [3.63, 3.8) is 0 Å². The molecule has 3 heterocycles. The fourth-order valence-corrected chi connectivity index (χ4v) is 3.72. The molecule has 2 aromatic heterocycles. The number of nitrogens with zero attached hydrogens (tertiary/aromatic N) is 7. The fourth-order valence-electron chi connectivity index (χ4n) is 3.42. The summed E-state index contributed by atoms with van der Waals surface area (Å²) >= 11 is 12.0. The Morgan fingerprint density at radius 1 is 1.22 bits per heavy atom. The zero-order chi connectivity index (χ0) is 25.5. The van der Waals surface area contributed by atoms with Gasteiger partial charge in [0.25, 0.3) is 0 Å². The number of halogens is 2. The Labute approximate surface area is 195 Å². The molecule has 0 spiro atoms. The second kappa shape index (κ2) is 8.60. The lowest BCUT2D eigenvalue weighted by molar-refractivity contribution is -0.152. The van der Waals surface area contributed by atoms with Crippen LogP contribution in [0.4, 0.5) is 5.69 Å². The monoisotopic (exact) mass is 480 g/mol. The van der Waals surface area contributed by atoms with Gasteiger partial charge in [-0.15, -0.1) is 5.10 Å². The van der Waals surface area contributed by atoms with Crippen LogP contribution in [0.2, 0.25) is 10.2 Å². The summed E-state index contributed by atoms with van der Waals surface area (Å²) in [6, 6.07) is 3.22. The predicted octanol–water partition coefficient (Wildman–Crippen LogP) is 1.18.